The molecule has 0 radical (unpaired) electrons. The van der Waals surface area contributed by atoms with Gasteiger partial charge in [0.2, 0.25) is 5.95 Å². The van der Waals surface area contributed by atoms with Crippen LogP contribution in [0.5, 0.6) is 0 Å². The van der Waals surface area contributed by atoms with E-state index in [0.29, 0.717) is 0 Å². The van der Waals surface area contributed by atoms with Crippen LogP contribution >= 0.6 is 0 Å². The van der Waals surface area contributed by atoms with Gasteiger partial charge in [0.1, 0.15) is 13.3 Å². The Morgan fingerprint density at radius 3 is 2.69 bits per heavy atom. The molecule has 0 aliphatic rings. The number of hydrogen-bond donors (Lipinski definition) is 1. The summed E-state index contributed by atoms with van der Waals surface area (Å²) in [6, 6.07) is 0. The van der Waals surface area contributed by atoms with Gasteiger partial charge in [0.15, 0.2) is 0 Å². The number of nitrogen functional groups attached to an aromatic ring is 1. The molecule has 0 aliphatic carbocycles. The third-order valence-corrected chi connectivity index (χ3v) is 1.24. The highest BCUT2D eigenvalue weighted by atomic mass is 19.4. The molecule has 13 heavy (non-hydrogen) atoms. The third kappa shape index (κ3) is 3.32. The van der Waals surface area contributed by atoms with Crippen LogP contribution in [0.15, 0.2) is 12.4 Å². The van der Waals surface area contributed by atoms with Crippen LogP contribution in [0.4, 0.5) is 19.1 Å². The van der Waals surface area contributed by atoms with Crippen LogP contribution in [-0.4, -0.2) is 22.3 Å². The number of aromatic nitrogens is 2. The van der Waals surface area contributed by atoms with Crippen LogP contribution in [0, 0.1) is 0 Å². The maximum atomic E-state index is 11.6. The van der Waals surface area contributed by atoms with Crippen molar-refractivity contribution in [2.75, 3.05) is 12.3 Å². The van der Waals surface area contributed by atoms with Crippen molar-refractivity contribution in [1.29, 1.82) is 0 Å². The minimum Gasteiger partial charge on any atom is -0.369 e. The smallest absolute Gasteiger partial charge is 0.369 e. The Labute approximate surface area is 72.1 Å². The zero-order valence-electron chi connectivity index (χ0n) is 6.58. The van der Waals surface area contributed by atoms with Gasteiger partial charge in [-0.3, -0.25) is 4.57 Å². The molecule has 0 aromatic carbocycles. The summed E-state index contributed by atoms with van der Waals surface area (Å²) < 4.78 is 40.4. The molecule has 1 heterocycles. The van der Waals surface area contributed by atoms with Crippen LogP contribution in [0.25, 0.3) is 0 Å². The molecule has 0 spiro atoms. The van der Waals surface area contributed by atoms with Crippen LogP contribution in [0.2, 0.25) is 0 Å². The summed E-state index contributed by atoms with van der Waals surface area (Å²) in [5.41, 5.74) is 5.28. The molecule has 74 valence electrons. The molecule has 0 atom stereocenters. The summed E-state index contributed by atoms with van der Waals surface area (Å²) in [4.78, 5) is 3.61. The maximum absolute atomic E-state index is 11.6. The van der Waals surface area contributed by atoms with Gasteiger partial charge in [0.05, 0.1) is 0 Å². The second-order valence-corrected chi connectivity index (χ2v) is 2.35. The number of imidazole rings is 1. The van der Waals surface area contributed by atoms with E-state index in [9.17, 15) is 13.2 Å². The SMILES string of the molecule is Nc1nccn1COCC(F)(F)F. The highest BCUT2D eigenvalue weighted by Crippen LogP contribution is 2.14. The minimum atomic E-state index is -4.31. The molecule has 0 aliphatic heterocycles. The van der Waals surface area contributed by atoms with Crippen molar-refractivity contribution < 1.29 is 17.9 Å². The fourth-order valence-corrected chi connectivity index (χ4v) is 0.710. The Bertz CT molecular complexity index is 270. The molecule has 0 unspecified atom stereocenters. The normalized spacial score (nSPS) is 11.9. The lowest BCUT2D eigenvalue weighted by Gasteiger charge is -2.08. The summed E-state index contributed by atoms with van der Waals surface area (Å²) in [5, 5.41) is 0. The van der Waals surface area contributed by atoms with Crippen molar-refractivity contribution >= 4 is 5.95 Å². The number of nitrogens with zero attached hydrogens (tertiary/aromatic N) is 2. The van der Waals surface area contributed by atoms with E-state index in [1.807, 2.05) is 0 Å². The molecule has 0 saturated carbocycles. The number of anilines is 1. The number of hydrogen-bond acceptors (Lipinski definition) is 3. The van der Waals surface area contributed by atoms with E-state index >= 15 is 0 Å². The summed E-state index contributed by atoms with van der Waals surface area (Å²) in [7, 11) is 0. The average molecular weight is 195 g/mol. The van der Waals surface area contributed by atoms with Gasteiger partial charge >= 0.3 is 6.18 Å². The van der Waals surface area contributed by atoms with Crippen molar-refractivity contribution in [3.63, 3.8) is 0 Å². The van der Waals surface area contributed by atoms with Gasteiger partial charge in [-0.1, -0.05) is 0 Å². The van der Waals surface area contributed by atoms with Crippen LogP contribution in [0.3, 0.4) is 0 Å². The Balaban J connectivity index is 2.32. The van der Waals surface area contributed by atoms with Crippen molar-refractivity contribution in [3.05, 3.63) is 12.4 Å². The Hall–Kier alpha value is -1.24. The number of rotatable bonds is 3. The van der Waals surface area contributed by atoms with Crippen molar-refractivity contribution in [2.45, 2.75) is 12.9 Å². The topological polar surface area (TPSA) is 53.1 Å². The quantitative estimate of drug-likeness (QED) is 0.782. The van der Waals surface area contributed by atoms with Gasteiger partial charge in [-0.2, -0.15) is 13.2 Å². The first-order valence-corrected chi connectivity index (χ1v) is 3.40. The van der Waals surface area contributed by atoms with E-state index in [4.69, 9.17) is 5.73 Å². The molecule has 0 saturated heterocycles. The number of ether oxygens (including phenoxy) is 1. The lowest BCUT2D eigenvalue weighted by atomic mass is 10.7. The monoisotopic (exact) mass is 195 g/mol. The van der Waals surface area contributed by atoms with Crippen molar-refractivity contribution in [2.24, 2.45) is 0 Å². The fraction of sp³-hybridized carbons (Fsp3) is 0.500. The minimum absolute atomic E-state index is 0.127. The third-order valence-electron chi connectivity index (χ3n) is 1.24. The first-order valence-electron chi connectivity index (χ1n) is 3.40. The second kappa shape index (κ2) is 3.65. The largest absolute Gasteiger partial charge is 0.411 e. The molecule has 0 fully saturated rings. The molecule has 1 aromatic rings. The molecular formula is C6H8F3N3O. The lowest BCUT2D eigenvalue weighted by molar-refractivity contribution is -0.181. The highest BCUT2D eigenvalue weighted by Gasteiger charge is 2.27. The molecule has 0 bridgehead atoms. The molecular weight excluding hydrogens is 187 g/mol. The second-order valence-electron chi connectivity index (χ2n) is 2.35. The standard InChI is InChI=1S/C6H8F3N3O/c7-6(8,9)3-13-4-12-2-1-11-5(12)10/h1-2H,3-4H2,(H2,10,11). The zero-order valence-corrected chi connectivity index (χ0v) is 6.58. The molecule has 4 nitrogen and oxygen atoms in total. The van der Waals surface area contributed by atoms with Gasteiger partial charge in [-0.05, 0) is 0 Å². The number of nitrogens with two attached hydrogens (primary N) is 1. The van der Waals surface area contributed by atoms with E-state index in [0.717, 1.165) is 0 Å². The number of halogens is 3. The van der Waals surface area contributed by atoms with E-state index in [1.165, 1.54) is 17.0 Å². The molecule has 2 N–H and O–H groups in total. The first kappa shape index (κ1) is 9.85. The lowest BCUT2D eigenvalue weighted by Crippen LogP contribution is -2.18. The van der Waals surface area contributed by atoms with Crippen LogP contribution in [-0.2, 0) is 11.5 Å². The molecule has 1 aromatic heterocycles. The summed E-state index contributed by atoms with van der Waals surface area (Å²) >= 11 is 0. The first-order chi connectivity index (χ1) is 5.99. The van der Waals surface area contributed by atoms with E-state index in [2.05, 4.69) is 9.72 Å². The van der Waals surface area contributed by atoms with E-state index < -0.39 is 12.8 Å². The van der Waals surface area contributed by atoms with Crippen LogP contribution in [0.1, 0.15) is 0 Å². The molecule has 1 rings (SSSR count). The fourth-order valence-electron chi connectivity index (χ4n) is 0.710. The zero-order chi connectivity index (χ0) is 9.90. The number of alkyl halides is 3. The van der Waals surface area contributed by atoms with E-state index in [1.54, 1.807) is 0 Å². The maximum Gasteiger partial charge on any atom is 0.411 e. The Morgan fingerprint density at radius 1 is 1.54 bits per heavy atom. The summed E-state index contributed by atoms with van der Waals surface area (Å²) in [5.74, 6) is 0.127. The Kier molecular flexibility index (Phi) is 2.76. The summed E-state index contributed by atoms with van der Waals surface area (Å²) in [6.07, 6.45) is -1.49. The van der Waals surface area contributed by atoms with Crippen LogP contribution < -0.4 is 5.73 Å². The van der Waals surface area contributed by atoms with Crippen molar-refractivity contribution in [3.8, 4) is 0 Å². The summed E-state index contributed by atoms with van der Waals surface area (Å²) in [6.45, 7) is -1.53. The molecule has 0 amide bonds. The van der Waals surface area contributed by atoms with Gasteiger partial charge in [0, 0.05) is 12.4 Å². The Morgan fingerprint density at radius 2 is 2.23 bits per heavy atom. The van der Waals surface area contributed by atoms with Gasteiger partial charge in [-0.15, -0.1) is 0 Å². The van der Waals surface area contributed by atoms with E-state index in [-0.39, 0.29) is 12.7 Å². The van der Waals surface area contributed by atoms with Gasteiger partial charge in [0.25, 0.3) is 0 Å². The predicted molar refractivity (Wildman–Crippen MR) is 38.6 cm³/mol. The van der Waals surface area contributed by atoms with Crippen molar-refractivity contribution in [1.82, 2.24) is 9.55 Å². The van der Waals surface area contributed by atoms with Gasteiger partial charge < -0.3 is 10.5 Å². The highest BCUT2D eigenvalue weighted by molar-refractivity contribution is 5.15. The predicted octanol–water partition coefficient (Wildman–Crippen LogP) is 1.00. The average Bonchev–Trinajstić information content (AvgIpc) is 2.34. The van der Waals surface area contributed by atoms with Gasteiger partial charge in [-0.25, -0.2) is 4.98 Å². The molecule has 7 heteroatoms.